The molecule has 1 heteroatoms. The zero-order chi connectivity index (χ0) is 17.8. The minimum atomic E-state index is 1.10. The van der Waals surface area contributed by atoms with Crippen LogP contribution in [0, 0.1) is 6.92 Å². The molecule has 0 amide bonds. The van der Waals surface area contributed by atoms with E-state index < -0.39 is 0 Å². The maximum atomic E-state index is 3.59. The standard InChI is InChI=1S/C25H21N/c1-19-24(21-13-7-3-8-14-21)17-22(20-11-5-2-6-12-20)18-25(19)26-23-15-9-4-10-16-23/h2-18,26H,1H3. The van der Waals surface area contributed by atoms with Crippen LogP contribution >= 0.6 is 0 Å². The predicted molar refractivity (Wildman–Crippen MR) is 112 cm³/mol. The molecule has 0 unspecified atom stereocenters. The molecule has 0 radical (unpaired) electrons. The third-order valence-electron chi connectivity index (χ3n) is 4.65. The topological polar surface area (TPSA) is 12.0 Å². The Labute approximate surface area is 155 Å². The van der Waals surface area contributed by atoms with Crippen LogP contribution in [0.4, 0.5) is 11.4 Å². The van der Waals surface area contributed by atoms with E-state index >= 15 is 0 Å². The van der Waals surface area contributed by atoms with Gasteiger partial charge in [-0.2, -0.15) is 0 Å². The second-order valence-electron chi connectivity index (χ2n) is 6.42. The van der Waals surface area contributed by atoms with Crippen molar-refractivity contribution in [3.8, 4) is 22.3 Å². The van der Waals surface area contributed by atoms with Crippen LogP contribution in [0.3, 0.4) is 0 Å². The van der Waals surface area contributed by atoms with Crippen molar-refractivity contribution in [1.82, 2.24) is 0 Å². The zero-order valence-corrected chi connectivity index (χ0v) is 14.8. The monoisotopic (exact) mass is 335 g/mol. The Morgan fingerprint density at radius 1 is 0.538 bits per heavy atom. The van der Waals surface area contributed by atoms with E-state index in [1.54, 1.807) is 0 Å². The second kappa shape index (κ2) is 7.28. The van der Waals surface area contributed by atoms with Crippen LogP contribution in [-0.4, -0.2) is 0 Å². The van der Waals surface area contributed by atoms with Gasteiger partial charge >= 0.3 is 0 Å². The summed E-state index contributed by atoms with van der Waals surface area (Å²) in [6, 6.07) is 36.0. The number of benzene rings is 4. The van der Waals surface area contributed by atoms with Crippen LogP contribution in [0.1, 0.15) is 5.56 Å². The molecule has 26 heavy (non-hydrogen) atoms. The molecule has 4 aromatic rings. The van der Waals surface area contributed by atoms with Crippen LogP contribution in [0.25, 0.3) is 22.3 Å². The Balaban J connectivity index is 1.87. The van der Waals surface area contributed by atoms with Gasteiger partial charge in [0.05, 0.1) is 0 Å². The number of para-hydroxylation sites is 1. The fraction of sp³-hybridized carbons (Fsp3) is 0.0400. The minimum absolute atomic E-state index is 1.10. The summed E-state index contributed by atoms with van der Waals surface area (Å²) in [6.07, 6.45) is 0. The van der Waals surface area contributed by atoms with Crippen LogP contribution < -0.4 is 5.32 Å². The number of hydrogen-bond acceptors (Lipinski definition) is 1. The summed E-state index contributed by atoms with van der Waals surface area (Å²) in [5.74, 6) is 0. The van der Waals surface area contributed by atoms with Crippen molar-refractivity contribution in [2.75, 3.05) is 5.32 Å². The van der Waals surface area contributed by atoms with Crippen molar-refractivity contribution >= 4 is 11.4 Å². The molecule has 0 atom stereocenters. The molecular weight excluding hydrogens is 314 g/mol. The fourth-order valence-corrected chi connectivity index (χ4v) is 3.24. The van der Waals surface area contributed by atoms with Crippen molar-refractivity contribution in [3.63, 3.8) is 0 Å². The summed E-state index contributed by atoms with van der Waals surface area (Å²) in [4.78, 5) is 0. The van der Waals surface area contributed by atoms with Crippen molar-refractivity contribution in [2.45, 2.75) is 6.92 Å². The number of rotatable bonds is 4. The molecule has 0 fully saturated rings. The molecule has 0 aromatic heterocycles. The molecule has 1 nitrogen and oxygen atoms in total. The van der Waals surface area contributed by atoms with E-state index in [9.17, 15) is 0 Å². The van der Waals surface area contributed by atoms with E-state index in [0.29, 0.717) is 0 Å². The number of anilines is 2. The summed E-state index contributed by atoms with van der Waals surface area (Å²) >= 11 is 0. The van der Waals surface area contributed by atoms with Gasteiger partial charge in [-0.05, 0) is 59.0 Å². The number of hydrogen-bond donors (Lipinski definition) is 1. The van der Waals surface area contributed by atoms with Gasteiger partial charge in [0.1, 0.15) is 0 Å². The lowest BCUT2D eigenvalue weighted by Gasteiger charge is -2.17. The Morgan fingerprint density at radius 2 is 1.08 bits per heavy atom. The first-order valence-electron chi connectivity index (χ1n) is 8.89. The van der Waals surface area contributed by atoms with E-state index in [0.717, 1.165) is 11.4 Å². The highest BCUT2D eigenvalue weighted by Gasteiger charge is 2.10. The maximum absolute atomic E-state index is 3.59. The third kappa shape index (κ3) is 3.38. The lowest BCUT2D eigenvalue weighted by Crippen LogP contribution is -1.96. The summed E-state index contributed by atoms with van der Waals surface area (Å²) in [5, 5.41) is 3.59. The highest BCUT2D eigenvalue weighted by atomic mass is 14.9. The lowest BCUT2D eigenvalue weighted by molar-refractivity contribution is 1.42. The molecule has 4 rings (SSSR count). The van der Waals surface area contributed by atoms with Crippen LogP contribution in [-0.2, 0) is 0 Å². The van der Waals surface area contributed by atoms with E-state index in [-0.39, 0.29) is 0 Å². The molecule has 4 aromatic carbocycles. The second-order valence-corrected chi connectivity index (χ2v) is 6.42. The van der Waals surface area contributed by atoms with Crippen LogP contribution in [0.5, 0.6) is 0 Å². The van der Waals surface area contributed by atoms with Crippen molar-refractivity contribution in [2.24, 2.45) is 0 Å². The first-order valence-corrected chi connectivity index (χ1v) is 8.89. The van der Waals surface area contributed by atoms with Gasteiger partial charge in [0.15, 0.2) is 0 Å². The van der Waals surface area contributed by atoms with Gasteiger partial charge in [0.25, 0.3) is 0 Å². The smallest absolute Gasteiger partial charge is 0.0426 e. The molecule has 0 aliphatic heterocycles. The first kappa shape index (κ1) is 16.2. The molecule has 0 spiro atoms. The SMILES string of the molecule is Cc1c(Nc2ccccc2)cc(-c2ccccc2)cc1-c1ccccc1. The van der Waals surface area contributed by atoms with E-state index in [2.05, 4.69) is 109 Å². The summed E-state index contributed by atoms with van der Waals surface area (Å²) in [6.45, 7) is 2.18. The van der Waals surface area contributed by atoms with Gasteiger partial charge in [-0.15, -0.1) is 0 Å². The average molecular weight is 335 g/mol. The van der Waals surface area contributed by atoms with Crippen LogP contribution in [0.15, 0.2) is 103 Å². The molecule has 126 valence electrons. The number of nitrogens with one attached hydrogen (secondary N) is 1. The Hall–Kier alpha value is -3.32. The minimum Gasteiger partial charge on any atom is -0.355 e. The van der Waals surface area contributed by atoms with E-state index in [4.69, 9.17) is 0 Å². The van der Waals surface area contributed by atoms with Gasteiger partial charge < -0.3 is 5.32 Å². The normalized spacial score (nSPS) is 10.5. The third-order valence-corrected chi connectivity index (χ3v) is 4.65. The van der Waals surface area contributed by atoms with Gasteiger partial charge in [-0.3, -0.25) is 0 Å². The summed E-state index contributed by atoms with van der Waals surface area (Å²) < 4.78 is 0. The summed E-state index contributed by atoms with van der Waals surface area (Å²) in [7, 11) is 0. The van der Waals surface area contributed by atoms with Crippen LogP contribution in [0.2, 0.25) is 0 Å². The molecular formula is C25H21N. The maximum Gasteiger partial charge on any atom is 0.0426 e. The van der Waals surface area contributed by atoms with Crippen molar-refractivity contribution in [3.05, 3.63) is 109 Å². The Kier molecular flexibility index (Phi) is 4.53. The first-order chi connectivity index (χ1) is 12.8. The lowest BCUT2D eigenvalue weighted by atomic mass is 9.93. The molecule has 0 aliphatic rings. The highest BCUT2D eigenvalue weighted by Crippen LogP contribution is 2.35. The Bertz CT molecular complexity index is 990. The van der Waals surface area contributed by atoms with Gasteiger partial charge in [0, 0.05) is 11.4 Å². The van der Waals surface area contributed by atoms with Gasteiger partial charge in [-0.1, -0.05) is 78.9 Å². The quantitative estimate of drug-likeness (QED) is 0.420. The molecule has 0 saturated heterocycles. The average Bonchev–Trinajstić information content (AvgIpc) is 2.71. The highest BCUT2D eigenvalue weighted by molar-refractivity contribution is 5.83. The van der Waals surface area contributed by atoms with Gasteiger partial charge in [0.2, 0.25) is 0 Å². The predicted octanol–water partition coefficient (Wildman–Crippen LogP) is 7.07. The van der Waals surface area contributed by atoms with Crippen molar-refractivity contribution < 1.29 is 0 Å². The summed E-state index contributed by atoms with van der Waals surface area (Å²) in [5.41, 5.74) is 8.41. The Morgan fingerprint density at radius 3 is 1.69 bits per heavy atom. The zero-order valence-electron chi connectivity index (χ0n) is 14.8. The largest absolute Gasteiger partial charge is 0.355 e. The molecule has 0 aliphatic carbocycles. The molecule has 0 bridgehead atoms. The fourth-order valence-electron chi connectivity index (χ4n) is 3.24. The molecule has 1 N–H and O–H groups in total. The van der Waals surface area contributed by atoms with E-state index in [1.807, 2.05) is 6.07 Å². The van der Waals surface area contributed by atoms with Crippen molar-refractivity contribution in [1.29, 1.82) is 0 Å². The van der Waals surface area contributed by atoms with Gasteiger partial charge in [-0.25, -0.2) is 0 Å². The molecule has 0 saturated carbocycles. The molecule has 0 heterocycles. The van der Waals surface area contributed by atoms with E-state index in [1.165, 1.54) is 27.8 Å².